The third-order valence-electron chi connectivity index (χ3n) is 4.20. The van der Waals surface area contributed by atoms with Crippen molar-refractivity contribution < 1.29 is 0 Å². The molecule has 0 bridgehead atoms. The number of nitrogens with two attached hydrogens (primary N) is 1. The molecule has 2 N–H and O–H groups in total. The number of hydrogen-bond acceptors (Lipinski definition) is 3. The molecule has 2 unspecified atom stereocenters. The summed E-state index contributed by atoms with van der Waals surface area (Å²) in [4.78, 5) is 6.72. The van der Waals surface area contributed by atoms with Gasteiger partial charge in [0.15, 0.2) is 5.96 Å². The van der Waals surface area contributed by atoms with Crippen molar-refractivity contribution in [2.45, 2.75) is 39.2 Å². The van der Waals surface area contributed by atoms with Crippen LogP contribution in [0.25, 0.3) is 0 Å². The van der Waals surface area contributed by atoms with E-state index in [-0.39, 0.29) is 5.54 Å². The predicted octanol–water partition coefficient (Wildman–Crippen LogP) is 2.00. The van der Waals surface area contributed by atoms with Crippen molar-refractivity contribution in [3.8, 4) is 0 Å². The first-order valence-corrected chi connectivity index (χ1v) is 6.10. The van der Waals surface area contributed by atoms with Gasteiger partial charge in [-0.05, 0) is 24.2 Å². The highest BCUT2D eigenvalue weighted by Crippen LogP contribution is 2.51. The third kappa shape index (κ3) is 1.53. The van der Waals surface area contributed by atoms with Gasteiger partial charge in [-0.2, -0.15) is 0 Å². The van der Waals surface area contributed by atoms with Crippen LogP contribution in [-0.4, -0.2) is 29.5 Å². The molecule has 3 nitrogen and oxygen atoms in total. The van der Waals surface area contributed by atoms with Crippen molar-refractivity contribution in [1.82, 2.24) is 4.90 Å². The maximum Gasteiger partial charge on any atom is 0.192 e. The number of rotatable bonds is 2. The fraction of sp³-hybridized carbons (Fsp3) is 0.769. The van der Waals surface area contributed by atoms with Crippen molar-refractivity contribution in [3.05, 3.63) is 12.7 Å². The topological polar surface area (TPSA) is 41.6 Å². The van der Waals surface area contributed by atoms with E-state index in [0.717, 1.165) is 13.1 Å². The average Bonchev–Trinajstić information content (AvgIpc) is 2.58. The number of nitrogens with zero attached hydrogens (tertiary/aromatic N) is 2. The van der Waals surface area contributed by atoms with Gasteiger partial charge in [0.1, 0.15) is 0 Å². The van der Waals surface area contributed by atoms with E-state index in [1.54, 1.807) is 0 Å². The Hall–Kier alpha value is -0.990. The Morgan fingerprint density at radius 2 is 2.31 bits per heavy atom. The first-order chi connectivity index (χ1) is 7.41. The Kier molecular flexibility index (Phi) is 2.52. The van der Waals surface area contributed by atoms with Gasteiger partial charge in [-0.1, -0.05) is 26.8 Å². The molecular weight excluding hydrogens is 198 g/mol. The van der Waals surface area contributed by atoms with Gasteiger partial charge in [0.05, 0.1) is 12.1 Å². The van der Waals surface area contributed by atoms with Crippen LogP contribution in [0.5, 0.6) is 0 Å². The smallest absolute Gasteiger partial charge is 0.192 e. The van der Waals surface area contributed by atoms with Gasteiger partial charge in [-0.3, -0.25) is 4.99 Å². The fourth-order valence-electron chi connectivity index (χ4n) is 3.69. The molecule has 3 heteroatoms. The van der Waals surface area contributed by atoms with Gasteiger partial charge < -0.3 is 10.6 Å². The minimum absolute atomic E-state index is 0.155. The van der Waals surface area contributed by atoms with Crippen LogP contribution in [0.15, 0.2) is 17.6 Å². The van der Waals surface area contributed by atoms with E-state index >= 15 is 0 Å². The lowest BCUT2D eigenvalue weighted by molar-refractivity contribution is 0.161. The van der Waals surface area contributed by atoms with Crippen LogP contribution >= 0.6 is 0 Å². The molecule has 1 aliphatic carbocycles. The van der Waals surface area contributed by atoms with Crippen LogP contribution < -0.4 is 5.73 Å². The zero-order valence-corrected chi connectivity index (χ0v) is 10.7. The molecule has 1 aliphatic heterocycles. The highest BCUT2D eigenvalue weighted by atomic mass is 15.4. The lowest BCUT2D eigenvalue weighted by atomic mass is 9.85. The minimum Gasteiger partial charge on any atom is -0.370 e. The van der Waals surface area contributed by atoms with E-state index in [9.17, 15) is 0 Å². The number of hydrogen-bond donors (Lipinski definition) is 1. The largest absolute Gasteiger partial charge is 0.370 e. The summed E-state index contributed by atoms with van der Waals surface area (Å²) in [5.74, 6) is 1.34. The molecular formula is C13H23N3. The van der Waals surface area contributed by atoms with Crippen molar-refractivity contribution in [1.29, 1.82) is 0 Å². The molecule has 2 rings (SSSR count). The maximum atomic E-state index is 6.00. The lowest BCUT2D eigenvalue weighted by Crippen LogP contribution is -2.53. The SMILES string of the molecule is C=CCN1C(N)=NCC12CC(C)(C)CC2C. The second-order valence-electron chi connectivity index (χ2n) is 6.12. The van der Waals surface area contributed by atoms with E-state index in [2.05, 4.69) is 37.2 Å². The molecule has 2 atom stereocenters. The van der Waals surface area contributed by atoms with E-state index in [4.69, 9.17) is 5.73 Å². The summed E-state index contributed by atoms with van der Waals surface area (Å²) in [5.41, 5.74) is 6.55. The normalized spacial score (nSPS) is 36.8. The number of guanidine groups is 1. The molecule has 0 aromatic heterocycles. The van der Waals surface area contributed by atoms with Gasteiger partial charge in [-0.25, -0.2) is 0 Å². The lowest BCUT2D eigenvalue weighted by Gasteiger charge is -2.39. The Labute approximate surface area is 98.4 Å². The summed E-state index contributed by atoms with van der Waals surface area (Å²) in [6.07, 6.45) is 4.36. The molecule has 0 amide bonds. The second kappa shape index (κ2) is 3.51. The summed E-state index contributed by atoms with van der Waals surface area (Å²) in [6, 6.07) is 0. The van der Waals surface area contributed by atoms with E-state index in [1.807, 2.05) is 6.08 Å². The second-order valence-corrected chi connectivity index (χ2v) is 6.12. The molecule has 2 aliphatic rings. The van der Waals surface area contributed by atoms with Crippen molar-refractivity contribution in [3.63, 3.8) is 0 Å². The van der Waals surface area contributed by atoms with Gasteiger partial charge in [0.25, 0.3) is 0 Å². The zero-order valence-electron chi connectivity index (χ0n) is 10.7. The molecule has 16 heavy (non-hydrogen) atoms. The zero-order chi connectivity index (χ0) is 12.0. The van der Waals surface area contributed by atoms with Crippen LogP contribution in [-0.2, 0) is 0 Å². The highest BCUT2D eigenvalue weighted by molar-refractivity contribution is 5.81. The molecule has 0 aromatic carbocycles. The molecule has 90 valence electrons. The van der Waals surface area contributed by atoms with E-state index < -0.39 is 0 Å². The van der Waals surface area contributed by atoms with Crippen molar-refractivity contribution in [2.24, 2.45) is 22.1 Å². The van der Waals surface area contributed by atoms with Crippen molar-refractivity contribution >= 4 is 5.96 Å². The third-order valence-corrected chi connectivity index (χ3v) is 4.20. The summed E-state index contributed by atoms with van der Waals surface area (Å²) in [6.45, 7) is 12.5. The summed E-state index contributed by atoms with van der Waals surface area (Å²) >= 11 is 0. The summed E-state index contributed by atoms with van der Waals surface area (Å²) < 4.78 is 0. The number of aliphatic imine (C=N–C) groups is 1. The maximum absolute atomic E-state index is 6.00. The molecule has 1 fully saturated rings. The molecule has 0 saturated heterocycles. The predicted molar refractivity (Wildman–Crippen MR) is 68.3 cm³/mol. The first kappa shape index (κ1) is 11.5. The quantitative estimate of drug-likeness (QED) is 0.725. The van der Waals surface area contributed by atoms with E-state index in [0.29, 0.717) is 17.3 Å². The average molecular weight is 221 g/mol. The Bertz CT molecular complexity index is 332. The van der Waals surface area contributed by atoms with Crippen molar-refractivity contribution in [2.75, 3.05) is 13.1 Å². The van der Waals surface area contributed by atoms with Crippen LogP contribution in [0.1, 0.15) is 33.6 Å². The van der Waals surface area contributed by atoms with Gasteiger partial charge in [-0.15, -0.1) is 6.58 Å². The first-order valence-electron chi connectivity index (χ1n) is 6.10. The van der Waals surface area contributed by atoms with Crippen LogP contribution in [0.2, 0.25) is 0 Å². The van der Waals surface area contributed by atoms with Crippen LogP contribution in [0.3, 0.4) is 0 Å². The molecule has 1 spiro atoms. The Morgan fingerprint density at radius 1 is 1.62 bits per heavy atom. The van der Waals surface area contributed by atoms with Gasteiger partial charge in [0.2, 0.25) is 0 Å². The molecule has 0 aromatic rings. The monoisotopic (exact) mass is 221 g/mol. The highest BCUT2D eigenvalue weighted by Gasteiger charge is 2.54. The van der Waals surface area contributed by atoms with Crippen LogP contribution in [0, 0.1) is 11.3 Å². The minimum atomic E-state index is 0.155. The Balaban J connectivity index is 2.29. The van der Waals surface area contributed by atoms with E-state index in [1.165, 1.54) is 12.8 Å². The fourth-order valence-corrected chi connectivity index (χ4v) is 3.69. The summed E-state index contributed by atoms with van der Waals surface area (Å²) in [5, 5.41) is 0. The standard InChI is InChI=1S/C13H23N3/c1-5-6-16-11(14)15-9-13(16)8-12(3,4)7-10(13)2/h5,10H,1,6-9H2,2-4H3,(H2,14,15). The Morgan fingerprint density at radius 3 is 2.81 bits per heavy atom. The molecule has 0 radical (unpaired) electrons. The molecule has 1 heterocycles. The van der Waals surface area contributed by atoms with Gasteiger partial charge in [0, 0.05) is 6.54 Å². The van der Waals surface area contributed by atoms with Crippen LogP contribution in [0.4, 0.5) is 0 Å². The van der Waals surface area contributed by atoms with Gasteiger partial charge >= 0.3 is 0 Å². The summed E-state index contributed by atoms with van der Waals surface area (Å²) in [7, 11) is 0. The molecule has 1 saturated carbocycles.